The predicted octanol–water partition coefficient (Wildman–Crippen LogP) is 4.12. The second-order valence-electron chi connectivity index (χ2n) is 4.00. The summed E-state index contributed by atoms with van der Waals surface area (Å²) in [6.07, 6.45) is 5.09. The van der Waals surface area contributed by atoms with Gasteiger partial charge in [0.05, 0.1) is 0 Å². The number of carbonyl (C=O) groups is 1. The van der Waals surface area contributed by atoms with Crippen molar-refractivity contribution < 1.29 is 9.53 Å². The number of rotatable bonds is 8. The Morgan fingerprint density at radius 3 is 2.47 bits per heavy atom. The number of unbranched alkanes of at least 4 members (excludes halogenated alkanes) is 3. The molecular formula is C14H19IO2. The van der Waals surface area contributed by atoms with Crippen molar-refractivity contribution in [3.8, 4) is 0 Å². The highest BCUT2D eigenvalue weighted by Gasteiger charge is 2.02. The Morgan fingerprint density at radius 2 is 1.76 bits per heavy atom. The summed E-state index contributed by atoms with van der Waals surface area (Å²) < 4.78 is 6.40. The molecule has 94 valence electrons. The van der Waals surface area contributed by atoms with Crippen LogP contribution in [-0.4, -0.2) is 10.4 Å². The van der Waals surface area contributed by atoms with Gasteiger partial charge in [0.1, 0.15) is 6.61 Å². The number of hydrogen-bond acceptors (Lipinski definition) is 2. The summed E-state index contributed by atoms with van der Waals surface area (Å²) in [5, 5.41) is 0. The maximum absolute atomic E-state index is 11.4. The Labute approximate surface area is 117 Å². The Hall–Kier alpha value is -0.580. The second kappa shape index (κ2) is 9.45. The summed E-state index contributed by atoms with van der Waals surface area (Å²) in [6, 6.07) is 9.79. The SMILES string of the molecule is O=C(CCCCCCI)OCc1ccccc1. The smallest absolute Gasteiger partial charge is 0.306 e. The third-order valence-electron chi connectivity index (χ3n) is 2.51. The van der Waals surface area contributed by atoms with Gasteiger partial charge in [-0.05, 0) is 22.8 Å². The van der Waals surface area contributed by atoms with Crippen molar-refractivity contribution in [2.24, 2.45) is 0 Å². The van der Waals surface area contributed by atoms with Gasteiger partial charge >= 0.3 is 5.97 Å². The van der Waals surface area contributed by atoms with Crippen molar-refractivity contribution in [1.82, 2.24) is 0 Å². The molecule has 0 amide bonds. The van der Waals surface area contributed by atoms with Crippen molar-refractivity contribution in [3.63, 3.8) is 0 Å². The summed E-state index contributed by atoms with van der Waals surface area (Å²) in [6.45, 7) is 0.396. The predicted molar refractivity (Wildman–Crippen MR) is 78.2 cm³/mol. The van der Waals surface area contributed by atoms with Gasteiger partial charge in [-0.3, -0.25) is 4.79 Å². The Morgan fingerprint density at radius 1 is 1.06 bits per heavy atom. The van der Waals surface area contributed by atoms with E-state index in [1.807, 2.05) is 30.3 Å². The number of carbonyl (C=O) groups excluding carboxylic acids is 1. The van der Waals surface area contributed by atoms with E-state index in [4.69, 9.17) is 4.74 Å². The summed E-state index contributed by atoms with van der Waals surface area (Å²) in [7, 11) is 0. The van der Waals surface area contributed by atoms with Crippen LogP contribution in [0, 0.1) is 0 Å². The lowest BCUT2D eigenvalue weighted by Crippen LogP contribution is -2.04. The topological polar surface area (TPSA) is 26.3 Å². The van der Waals surface area contributed by atoms with E-state index in [-0.39, 0.29) is 5.97 Å². The first-order valence-electron chi connectivity index (χ1n) is 6.08. The zero-order valence-electron chi connectivity index (χ0n) is 10.0. The molecule has 0 N–H and O–H groups in total. The minimum absolute atomic E-state index is 0.0803. The Kier molecular flexibility index (Phi) is 8.05. The van der Waals surface area contributed by atoms with E-state index in [0.717, 1.165) is 18.4 Å². The summed E-state index contributed by atoms with van der Waals surface area (Å²) in [5.41, 5.74) is 1.05. The van der Waals surface area contributed by atoms with Gasteiger partial charge in [0.25, 0.3) is 0 Å². The average Bonchev–Trinajstić information content (AvgIpc) is 2.37. The fraction of sp³-hybridized carbons (Fsp3) is 0.500. The molecule has 0 saturated heterocycles. The molecule has 0 saturated carbocycles. The van der Waals surface area contributed by atoms with Crippen LogP contribution in [0.5, 0.6) is 0 Å². The molecule has 3 heteroatoms. The maximum atomic E-state index is 11.4. The Balaban J connectivity index is 2.05. The van der Waals surface area contributed by atoms with E-state index < -0.39 is 0 Å². The first kappa shape index (κ1) is 14.5. The van der Waals surface area contributed by atoms with E-state index in [1.165, 1.54) is 17.3 Å². The standard InChI is InChI=1S/C14H19IO2/c15-11-7-2-1-6-10-14(16)17-12-13-8-4-3-5-9-13/h3-5,8-9H,1-2,6-7,10-12H2. The van der Waals surface area contributed by atoms with Crippen LogP contribution in [0.1, 0.15) is 37.7 Å². The molecule has 0 bridgehead atoms. The van der Waals surface area contributed by atoms with Crippen molar-refractivity contribution in [3.05, 3.63) is 35.9 Å². The molecule has 0 aliphatic rings. The number of halogens is 1. The lowest BCUT2D eigenvalue weighted by atomic mass is 10.1. The largest absolute Gasteiger partial charge is 0.461 e. The molecule has 0 aromatic heterocycles. The van der Waals surface area contributed by atoms with Crippen LogP contribution in [0.2, 0.25) is 0 Å². The van der Waals surface area contributed by atoms with Crippen LogP contribution >= 0.6 is 22.6 Å². The van der Waals surface area contributed by atoms with Gasteiger partial charge in [0.15, 0.2) is 0 Å². The van der Waals surface area contributed by atoms with E-state index in [2.05, 4.69) is 22.6 Å². The van der Waals surface area contributed by atoms with E-state index in [1.54, 1.807) is 0 Å². The minimum atomic E-state index is -0.0803. The number of benzene rings is 1. The van der Waals surface area contributed by atoms with Gasteiger partial charge in [0, 0.05) is 6.42 Å². The van der Waals surface area contributed by atoms with Gasteiger partial charge < -0.3 is 4.74 Å². The van der Waals surface area contributed by atoms with E-state index in [0.29, 0.717) is 13.0 Å². The van der Waals surface area contributed by atoms with E-state index in [9.17, 15) is 4.79 Å². The van der Waals surface area contributed by atoms with Gasteiger partial charge in [-0.25, -0.2) is 0 Å². The molecule has 0 aliphatic heterocycles. The Bertz CT molecular complexity index is 311. The number of hydrogen-bond donors (Lipinski definition) is 0. The van der Waals surface area contributed by atoms with E-state index >= 15 is 0 Å². The molecule has 0 heterocycles. The normalized spacial score (nSPS) is 10.2. The van der Waals surface area contributed by atoms with Crippen LogP contribution < -0.4 is 0 Å². The lowest BCUT2D eigenvalue weighted by molar-refractivity contribution is -0.145. The van der Waals surface area contributed by atoms with Gasteiger partial charge in [-0.2, -0.15) is 0 Å². The molecular weight excluding hydrogens is 327 g/mol. The molecule has 17 heavy (non-hydrogen) atoms. The zero-order chi connectivity index (χ0) is 12.3. The van der Waals surface area contributed by atoms with Crippen LogP contribution in [0.15, 0.2) is 30.3 Å². The first-order chi connectivity index (χ1) is 8.33. The third-order valence-corrected chi connectivity index (χ3v) is 3.27. The molecule has 0 radical (unpaired) electrons. The highest BCUT2D eigenvalue weighted by molar-refractivity contribution is 14.1. The second-order valence-corrected chi connectivity index (χ2v) is 5.08. The summed E-state index contributed by atoms with van der Waals surface area (Å²) in [5.74, 6) is -0.0803. The number of esters is 1. The van der Waals surface area contributed by atoms with Crippen LogP contribution in [0.4, 0.5) is 0 Å². The molecule has 0 spiro atoms. The third kappa shape index (κ3) is 7.36. The van der Waals surface area contributed by atoms with Crippen molar-refractivity contribution in [2.75, 3.05) is 4.43 Å². The number of ether oxygens (including phenoxy) is 1. The van der Waals surface area contributed by atoms with Gasteiger partial charge in [-0.1, -0.05) is 65.8 Å². The molecule has 0 aliphatic carbocycles. The summed E-state index contributed by atoms with van der Waals surface area (Å²) in [4.78, 5) is 11.4. The summed E-state index contributed by atoms with van der Waals surface area (Å²) >= 11 is 2.38. The van der Waals surface area contributed by atoms with Gasteiger partial charge in [-0.15, -0.1) is 0 Å². The van der Waals surface area contributed by atoms with Crippen molar-refractivity contribution in [1.29, 1.82) is 0 Å². The molecule has 0 unspecified atom stereocenters. The van der Waals surface area contributed by atoms with Crippen LogP contribution in [0.3, 0.4) is 0 Å². The molecule has 1 rings (SSSR count). The highest BCUT2D eigenvalue weighted by Crippen LogP contribution is 2.07. The monoisotopic (exact) mass is 346 g/mol. The fourth-order valence-corrected chi connectivity index (χ4v) is 2.07. The molecule has 1 aromatic rings. The molecule has 0 atom stereocenters. The quantitative estimate of drug-likeness (QED) is 0.306. The minimum Gasteiger partial charge on any atom is -0.461 e. The molecule has 1 aromatic carbocycles. The van der Waals surface area contributed by atoms with Crippen LogP contribution in [-0.2, 0) is 16.1 Å². The van der Waals surface area contributed by atoms with Crippen LogP contribution in [0.25, 0.3) is 0 Å². The van der Waals surface area contributed by atoms with Crippen molar-refractivity contribution in [2.45, 2.75) is 38.7 Å². The highest BCUT2D eigenvalue weighted by atomic mass is 127. The zero-order valence-corrected chi connectivity index (χ0v) is 12.2. The van der Waals surface area contributed by atoms with Crippen molar-refractivity contribution >= 4 is 28.6 Å². The maximum Gasteiger partial charge on any atom is 0.306 e. The fourth-order valence-electron chi connectivity index (χ4n) is 1.53. The van der Waals surface area contributed by atoms with Gasteiger partial charge in [0.2, 0.25) is 0 Å². The lowest BCUT2D eigenvalue weighted by Gasteiger charge is -2.04. The molecule has 0 fully saturated rings. The number of alkyl halides is 1. The molecule has 2 nitrogen and oxygen atoms in total. The first-order valence-corrected chi connectivity index (χ1v) is 7.61. The average molecular weight is 346 g/mol.